The highest BCUT2D eigenvalue weighted by molar-refractivity contribution is 9.10. The maximum absolute atomic E-state index is 6.22. The minimum Gasteiger partial charge on any atom is -0.455 e. The van der Waals surface area contributed by atoms with Crippen molar-refractivity contribution in [3.05, 3.63) is 89.4 Å². The number of rotatable bonds is 1. The molecule has 0 spiro atoms. The number of para-hydroxylation sites is 2. The van der Waals surface area contributed by atoms with Crippen LogP contribution in [-0.4, -0.2) is 4.98 Å². The van der Waals surface area contributed by atoms with Gasteiger partial charge in [-0.05, 0) is 34.1 Å². The van der Waals surface area contributed by atoms with E-state index in [1.54, 1.807) is 0 Å². The van der Waals surface area contributed by atoms with Crippen LogP contribution in [0.25, 0.3) is 54.9 Å². The lowest BCUT2D eigenvalue weighted by Gasteiger charge is -2.12. The standard InChI is InChI=1S/C25H14BrNO/c26-19-14-18-22(23-17-11-5-7-13-21(17)28-25(19)23)16-10-4-6-12-20(16)27-24(18)15-8-2-1-3-9-15/h1-14H. The van der Waals surface area contributed by atoms with Gasteiger partial charge in [0.1, 0.15) is 11.2 Å². The summed E-state index contributed by atoms with van der Waals surface area (Å²) in [5.41, 5.74) is 4.86. The average Bonchev–Trinajstić information content (AvgIpc) is 3.14. The molecule has 0 saturated carbocycles. The SMILES string of the molecule is Brc1cc2c(-c3ccccc3)nc3ccccc3c2c2c1oc1ccccc12. The lowest BCUT2D eigenvalue weighted by atomic mass is 9.96. The van der Waals surface area contributed by atoms with Gasteiger partial charge in [0, 0.05) is 32.5 Å². The van der Waals surface area contributed by atoms with E-state index < -0.39 is 0 Å². The fourth-order valence-electron chi connectivity index (χ4n) is 4.11. The van der Waals surface area contributed by atoms with Crippen LogP contribution >= 0.6 is 15.9 Å². The number of halogens is 1. The number of furan rings is 1. The second-order valence-corrected chi connectivity index (χ2v) is 7.78. The van der Waals surface area contributed by atoms with Gasteiger partial charge in [0.15, 0.2) is 0 Å². The van der Waals surface area contributed by atoms with Gasteiger partial charge in [-0.15, -0.1) is 0 Å². The quantitative estimate of drug-likeness (QED) is 0.253. The van der Waals surface area contributed by atoms with E-state index in [2.05, 4.69) is 76.6 Å². The molecular weight excluding hydrogens is 410 g/mol. The molecule has 0 saturated heterocycles. The van der Waals surface area contributed by atoms with E-state index in [0.29, 0.717) is 0 Å². The van der Waals surface area contributed by atoms with E-state index in [1.807, 2.05) is 24.3 Å². The van der Waals surface area contributed by atoms with Crippen LogP contribution in [0.15, 0.2) is 93.8 Å². The van der Waals surface area contributed by atoms with Crippen LogP contribution in [0.4, 0.5) is 0 Å². The van der Waals surface area contributed by atoms with Gasteiger partial charge >= 0.3 is 0 Å². The molecule has 0 atom stereocenters. The zero-order valence-corrected chi connectivity index (χ0v) is 16.4. The summed E-state index contributed by atoms with van der Waals surface area (Å²) in [5.74, 6) is 0. The molecule has 0 N–H and O–H groups in total. The molecule has 6 aromatic rings. The summed E-state index contributed by atoms with van der Waals surface area (Å²) in [6.07, 6.45) is 0. The Hall–Kier alpha value is -3.17. The van der Waals surface area contributed by atoms with Crippen molar-refractivity contribution in [1.29, 1.82) is 0 Å². The minimum absolute atomic E-state index is 0.879. The highest BCUT2D eigenvalue weighted by atomic mass is 79.9. The molecule has 132 valence electrons. The molecule has 2 nitrogen and oxygen atoms in total. The first-order valence-electron chi connectivity index (χ1n) is 9.19. The Morgan fingerprint density at radius 2 is 1.39 bits per heavy atom. The van der Waals surface area contributed by atoms with Crippen molar-refractivity contribution < 1.29 is 4.42 Å². The summed E-state index contributed by atoms with van der Waals surface area (Å²) in [4.78, 5) is 5.03. The van der Waals surface area contributed by atoms with E-state index in [9.17, 15) is 0 Å². The van der Waals surface area contributed by atoms with Gasteiger partial charge in [-0.1, -0.05) is 66.7 Å². The van der Waals surface area contributed by atoms with E-state index in [-0.39, 0.29) is 0 Å². The lowest BCUT2D eigenvalue weighted by molar-refractivity contribution is 0.667. The van der Waals surface area contributed by atoms with Crippen LogP contribution in [0.1, 0.15) is 0 Å². The maximum atomic E-state index is 6.22. The topological polar surface area (TPSA) is 26.0 Å². The lowest BCUT2D eigenvalue weighted by Crippen LogP contribution is -1.90. The van der Waals surface area contributed by atoms with Crippen molar-refractivity contribution in [3.8, 4) is 11.3 Å². The van der Waals surface area contributed by atoms with Crippen molar-refractivity contribution in [2.24, 2.45) is 0 Å². The Morgan fingerprint density at radius 1 is 0.679 bits per heavy atom. The molecule has 0 amide bonds. The number of aromatic nitrogens is 1. The molecule has 3 heteroatoms. The van der Waals surface area contributed by atoms with Gasteiger partial charge in [0.05, 0.1) is 15.7 Å². The summed E-state index contributed by atoms with van der Waals surface area (Å²) in [6, 6.07) is 29.1. The van der Waals surface area contributed by atoms with Gasteiger partial charge in [0.25, 0.3) is 0 Å². The molecule has 2 aromatic heterocycles. The number of fused-ring (bicyclic) bond motifs is 7. The fraction of sp³-hybridized carbons (Fsp3) is 0. The molecule has 0 unspecified atom stereocenters. The van der Waals surface area contributed by atoms with Crippen LogP contribution in [-0.2, 0) is 0 Å². The third kappa shape index (κ3) is 2.17. The van der Waals surface area contributed by atoms with E-state index in [1.165, 1.54) is 5.39 Å². The van der Waals surface area contributed by atoms with Gasteiger partial charge < -0.3 is 4.42 Å². The molecule has 28 heavy (non-hydrogen) atoms. The molecule has 0 fully saturated rings. The van der Waals surface area contributed by atoms with Crippen molar-refractivity contribution >= 4 is 59.5 Å². The summed E-state index contributed by atoms with van der Waals surface area (Å²) in [7, 11) is 0. The molecule has 6 rings (SSSR count). The number of nitrogens with zero attached hydrogens (tertiary/aromatic N) is 1. The Bertz CT molecular complexity index is 1520. The normalized spacial score (nSPS) is 11.8. The van der Waals surface area contributed by atoms with Crippen LogP contribution in [0.2, 0.25) is 0 Å². The van der Waals surface area contributed by atoms with Crippen LogP contribution in [0, 0.1) is 0 Å². The van der Waals surface area contributed by atoms with Crippen molar-refractivity contribution in [2.75, 3.05) is 0 Å². The number of hydrogen-bond donors (Lipinski definition) is 0. The predicted molar refractivity (Wildman–Crippen MR) is 120 cm³/mol. The average molecular weight is 424 g/mol. The highest BCUT2D eigenvalue weighted by Gasteiger charge is 2.19. The molecular formula is C25H14BrNO. The third-order valence-corrected chi connectivity index (χ3v) is 5.90. The number of pyridine rings is 1. The van der Waals surface area contributed by atoms with Gasteiger partial charge in [0.2, 0.25) is 0 Å². The minimum atomic E-state index is 0.879. The van der Waals surface area contributed by atoms with Gasteiger partial charge in [-0.25, -0.2) is 4.98 Å². The molecule has 0 radical (unpaired) electrons. The Morgan fingerprint density at radius 3 is 2.25 bits per heavy atom. The largest absolute Gasteiger partial charge is 0.455 e. The van der Waals surface area contributed by atoms with Gasteiger partial charge in [-0.3, -0.25) is 0 Å². The van der Waals surface area contributed by atoms with Crippen LogP contribution in [0.5, 0.6) is 0 Å². The highest BCUT2D eigenvalue weighted by Crippen LogP contribution is 2.43. The zero-order valence-electron chi connectivity index (χ0n) is 14.8. The number of hydrogen-bond acceptors (Lipinski definition) is 2. The predicted octanol–water partition coefficient (Wildman–Crippen LogP) is 7.72. The summed E-state index contributed by atoms with van der Waals surface area (Å²) < 4.78 is 7.16. The molecule has 0 bridgehead atoms. The first-order valence-corrected chi connectivity index (χ1v) is 9.98. The second kappa shape index (κ2) is 5.91. The zero-order chi connectivity index (χ0) is 18.7. The Balaban J connectivity index is 1.95. The molecule has 0 aliphatic rings. The van der Waals surface area contributed by atoms with Crippen LogP contribution < -0.4 is 0 Å². The molecule has 4 aromatic carbocycles. The molecule has 2 heterocycles. The van der Waals surface area contributed by atoms with Crippen molar-refractivity contribution in [1.82, 2.24) is 4.98 Å². The molecule has 0 aliphatic heterocycles. The Labute approximate surface area is 169 Å². The molecule has 0 aliphatic carbocycles. The monoisotopic (exact) mass is 423 g/mol. The second-order valence-electron chi connectivity index (χ2n) is 6.93. The third-order valence-electron chi connectivity index (χ3n) is 5.31. The summed E-state index contributed by atoms with van der Waals surface area (Å²) >= 11 is 3.75. The summed E-state index contributed by atoms with van der Waals surface area (Å²) in [6.45, 7) is 0. The van der Waals surface area contributed by atoms with E-state index >= 15 is 0 Å². The smallest absolute Gasteiger partial charge is 0.150 e. The van der Waals surface area contributed by atoms with Crippen molar-refractivity contribution in [2.45, 2.75) is 0 Å². The fourth-order valence-corrected chi connectivity index (χ4v) is 4.61. The van der Waals surface area contributed by atoms with E-state index in [0.717, 1.165) is 54.0 Å². The van der Waals surface area contributed by atoms with Gasteiger partial charge in [-0.2, -0.15) is 0 Å². The Kier molecular flexibility index (Phi) is 3.35. The first-order chi connectivity index (χ1) is 13.8. The van der Waals surface area contributed by atoms with Crippen LogP contribution in [0.3, 0.4) is 0 Å². The van der Waals surface area contributed by atoms with Crippen molar-refractivity contribution in [3.63, 3.8) is 0 Å². The maximum Gasteiger partial charge on any atom is 0.150 e. The summed E-state index contributed by atoms with van der Waals surface area (Å²) in [5, 5.41) is 5.71. The van der Waals surface area contributed by atoms with E-state index in [4.69, 9.17) is 9.40 Å². The number of benzene rings is 4. The first kappa shape index (κ1) is 15.8.